The highest BCUT2D eigenvalue weighted by Gasteiger charge is 2.46. The molecule has 9 heteroatoms. The van der Waals surface area contributed by atoms with Gasteiger partial charge >= 0.3 is 12.2 Å². The largest absolute Gasteiger partial charge is 0.493 e. The fourth-order valence-corrected chi connectivity index (χ4v) is 5.56. The second-order valence-electron chi connectivity index (χ2n) is 12.5. The molecule has 1 saturated heterocycles. The number of nitrogens with zero attached hydrogens (tertiary/aromatic N) is 2. The average Bonchev–Trinajstić information content (AvgIpc) is 3.14. The molecule has 2 aliphatic rings. The van der Waals surface area contributed by atoms with Gasteiger partial charge in [-0.15, -0.1) is 0 Å². The SMILES string of the molecule is CC(C)(C)OC(=O)N1CC[C@@H](c2ccc(N)cc2)[C@H](COc2ccc3c(c2)C(=O)N(C(=O)O)C3C(C)(C)C)C1. The van der Waals surface area contributed by atoms with E-state index < -0.39 is 29.1 Å². The predicted molar refractivity (Wildman–Crippen MR) is 148 cm³/mol. The van der Waals surface area contributed by atoms with Crippen LogP contribution in [0.3, 0.4) is 0 Å². The van der Waals surface area contributed by atoms with Crippen molar-refractivity contribution in [2.24, 2.45) is 11.3 Å². The number of nitrogens with two attached hydrogens (primary N) is 1. The number of anilines is 1. The number of piperidine rings is 1. The minimum atomic E-state index is -1.27. The molecule has 3 N–H and O–H groups in total. The number of hydrogen-bond donors (Lipinski definition) is 2. The molecule has 2 aromatic rings. The molecule has 0 bridgehead atoms. The second-order valence-corrected chi connectivity index (χ2v) is 12.5. The van der Waals surface area contributed by atoms with E-state index in [-0.39, 0.29) is 17.9 Å². The molecule has 0 saturated carbocycles. The Morgan fingerprint density at radius 3 is 2.31 bits per heavy atom. The number of rotatable bonds is 4. The topological polar surface area (TPSA) is 122 Å². The van der Waals surface area contributed by atoms with Gasteiger partial charge in [0.1, 0.15) is 11.4 Å². The Morgan fingerprint density at radius 1 is 1.05 bits per heavy atom. The molecular formula is C30H39N3O6. The number of likely N-dealkylation sites (tertiary alicyclic amines) is 1. The van der Waals surface area contributed by atoms with Gasteiger partial charge in [0, 0.05) is 30.3 Å². The van der Waals surface area contributed by atoms with Crippen LogP contribution in [0, 0.1) is 11.3 Å². The lowest BCUT2D eigenvalue weighted by molar-refractivity contribution is 0.0111. The van der Waals surface area contributed by atoms with Crippen LogP contribution in [0.15, 0.2) is 42.5 Å². The number of imide groups is 1. The van der Waals surface area contributed by atoms with E-state index in [4.69, 9.17) is 15.2 Å². The van der Waals surface area contributed by atoms with Crippen molar-refractivity contribution in [2.75, 3.05) is 25.4 Å². The van der Waals surface area contributed by atoms with Gasteiger partial charge in [0.2, 0.25) is 0 Å². The molecule has 3 atom stereocenters. The molecule has 4 rings (SSSR count). The van der Waals surface area contributed by atoms with Crippen molar-refractivity contribution in [3.8, 4) is 5.75 Å². The van der Waals surface area contributed by atoms with E-state index >= 15 is 0 Å². The maximum atomic E-state index is 13.1. The van der Waals surface area contributed by atoms with E-state index in [1.54, 1.807) is 23.1 Å². The summed E-state index contributed by atoms with van der Waals surface area (Å²) in [6.45, 7) is 12.6. The zero-order valence-corrected chi connectivity index (χ0v) is 23.6. The van der Waals surface area contributed by atoms with Gasteiger partial charge < -0.3 is 25.2 Å². The Morgan fingerprint density at radius 2 is 1.72 bits per heavy atom. The van der Waals surface area contributed by atoms with Crippen LogP contribution in [0.4, 0.5) is 15.3 Å². The number of carboxylic acid groups (broad SMARTS) is 1. The number of amides is 3. The van der Waals surface area contributed by atoms with Crippen LogP contribution < -0.4 is 10.5 Å². The third kappa shape index (κ3) is 6.13. The maximum Gasteiger partial charge on any atom is 0.414 e. The summed E-state index contributed by atoms with van der Waals surface area (Å²) in [4.78, 5) is 40.5. The van der Waals surface area contributed by atoms with Crippen molar-refractivity contribution >= 4 is 23.8 Å². The molecule has 0 radical (unpaired) electrons. The molecular weight excluding hydrogens is 498 g/mol. The van der Waals surface area contributed by atoms with Crippen molar-refractivity contribution in [3.63, 3.8) is 0 Å². The lowest BCUT2D eigenvalue weighted by atomic mass is 9.81. The minimum Gasteiger partial charge on any atom is -0.493 e. The number of carbonyl (C=O) groups excluding carboxylic acids is 2. The minimum absolute atomic E-state index is 0.0447. The Hall–Kier alpha value is -3.75. The van der Waals surface area contributed by atoms with Gasteiger partial charge in [-0.2, -0.15) is 0 Å². The summed E-state index contributed by atoms with van der Waals surface area (Å²) in [6.07, 6.45) is -0.886. The monoisotopic (exact) mass is 537 g/mol. The molecule has 1 fully saturated rings. The van der Waals surface area contributed by atoms with E-state index in [2.05, 4.69) is 0 Å². The standard InChI is InChI=1S/C30H39N3O6/c1-29(2,3)25-23-12-11-21(15-24(23)26(34)33(25)27(35)36)38-17-19-16-32(28(37)39-30(4,5)6)14-13-22(19)18-7-9-20(31)10-8-18/h7-12,15,19,22,25H,13-14,16-17,31H2,1-6H3,(H,35,36)/t19-,22-,25?/m0/s1. The van der Waals surface area contributed by atoms with Crippen LogP contribution in [0.2, 0.25) is 0 Å². The Kier molecular flexibility index (Phi) is 7.56. The summed E-state index contributed by atoms with van der Waals surface area (Å²) < 4.78 is 11.8. The molecule has 0 aliphatic carbocycles. The highest BCUT2D eigenvalue weighted by atomic mass is 16.6. The Bertz CT molecular complexity index is 1240. The molecule has 39 heavy (non-hydrogen) atoms. The normalized spacial score (nSPS) is 21.5. The zero-order valence-electron chi connectivity index (χ0n) is 23.6. The number of carbonyl (C=O) groups is 3. The first kappa shape index (κ1) is 28.3. The van der Waals surface area contributed by atoms with E-state index in [0.717, 1.165) is 16.9 Å². The lowest BCUT2D eigenvalue weighted by Gasteiger charge is -2.39. The molecule has 0 aromatic heterocycles. The van der Waals surface area contributed by atoms with Gasteiger partial charge in [-0.25, -0.2) is 14.5 Å². The first-order valence-corrected chi connectivity index (χ1v) is 13.3. The molecule has 1 unspecified atom stereocenters. The van der Waals surface area contributed by atoms with Crippen LogP contribution >= 0.6 is 0 Å². The van der Waals surface area contributed by atoms with Crippen molar-refractivity contribution in [1.29, 1.82) is 0 Å². The Balaban J connectivity index is 1.56. The summed E-state index contributed by atoms with van der Waals surface area (Å²) >= 11 is 0. The number of fused-ring (bicyclic) bond motifs is 1. The third-order valence-corrected chi connectivity index (χ3v) is 7.27. The van der Waals surface area contributed by atoms with Gasteiger partial charge in [-0.05, 0) is 73.9 Å². The van der Waals surface area contributed by atoms with Crippen molar-refractivity contribution in [3.05, 3.63) is 59.2 Å². The number of hydrogen-bond acceptors (Lipinski definition) is 6. The van der Waals surface area contributed by atoms with Crippen LogP contribution in [0.5, 0.6) is 5.75 Å². The number of ether oxygens (including phenoxy) is 2. The molecule has 2 heterocycles. The maximum absolute atomic E-state index is 13.1. The molecule has 9 nitrogen and oxygen atoms in total. The first-order chi connectivity index (χ1) is 18.2. The fourth-order valence-electron chi connectivity index (χ4n) is 5.56. The van der Waals surface area contributed by atoms with E-state index in [0.29, 0.717) is 42.3 Å². The summed E-state index contributed by atoms with van der Waals surface area (Å²) in [6, 6.07) is 12.4. The summed E-state index contributed by atoms with van der Waals surface area (Å²) in [5, 5.41) is 9.75. The summed E-state index contributed by atoms with van der Waals surface area (Å²) in [5.41, 5.74) is 7.66. The van der Waals surface area contributed by atoms with Crippen LogP contribution in [0.1, 0.15) is 81.4 Å². The quantitative estimate of drug-likeness (QED) is 0.465. The fraction of sp³-hybridized carbons (Fsp3) is 0.500. The van der Waals surface area contributed by atoms with E-state index in [1.807, 2.05) is 65.8 Å². The number of benzene rings is 2. The molecule has 2 aliphatic heterocycles. The molecule has 3 amide bonds. The Labute approximate surface area is 229 Å². The summed E-state index contributed by atoms with van der Waals surface area (Å²) in [7, 11) is 0. The van der Waals surface area contributed by atoms with Gasteiger partial charge in [0.15, 0.2) is 0 Å². The van der Waals surface area contributed by atoms with E-state index in [1.165, 1.54) is 0 Å². The molecule has 0 spiro atoms. The van der Waals surface area contributed by atoms with Crippen LogP contribution in [-0.2, 0) is 4.74 Å². The smallest absolute Gasteiger partial charge is 0.414 e. The zero-order chi connectivity index (χ0) is 28.7. The van der Waals surface area contributed by atoms with Gasteiger partial charge in [-0.1, -0.05) is 39.0 Å². The highest BCUT2D eigenvalue weighted by Crippen LogP contribution is 2.46. The van der Waals surface area contributed by atoms with Gasteiger partial charge in [0.25, 0.3) is 5.91 Å². The first-order valence-electron chi connectivity index (χ1n) is 13.3. The van der Waals surface area contributed by atoms with Crippen LogP contribution in [-0.4, -0.2) is 58.3 Å². The van der Waals surface area contributed by atoms with Gasteiger partial charge in [-0.3, -0.25) is 4.79 Å². The number of nitrogen functional groups attached to an aromatic ring is 1. The second kappa shape index (κ2) is 10.4. The summed E-state index contributed by atoms with van der Waals surface area (Å²) in [5.74, 6) is 0.0219. The third-order valence-electron chi connectivity index (χ3n) is 7.27. The van der Waals surface area contributed by atoms with Crippen molar-refractivity contribution in [2.45, 2.75) is 65.5 Å². The highest BCUT2D eigenvalue weighted by molar-refractivity contribution is 6.07. The van der Waals surface area contributed by atoms with Gasteiger partial charge in [0.05, 0.1) is 12.6 Å². The van der Waals surface area contributed by atoms with Crippen LogP contribution in [0.25, 0.3) is 0 Å². The lowest BCUT2D eigenvalue weighted by Crippen LogP contribution is -2.46. The molecule has 2 aromatic carbocycles. The van der Waals surface area contributed by atoms with E-state index in [9.17, 15) is 19.5 Å². The van der Waals surface area contributed by atoms with Crippen molar-refractivity contribution in [1.82, 2.24) is 9.80 Å². The molecule has 210 valence electrons. The predicted octanol–water partition coefficient (Wildman–Crippen LogP) is 5.91. The van der Waals surface area contributed by atoms with Crippen molar-refractivity contribution < 1.29 is 29.0 Å². The average molecular weight is 538 g/mol.